The van der Waals surface area contributed by atoms with Gasteiger partial charge in [0.2, 0.25) is 0 Å². The quantitative estimate of drug-likeness (QED) is 0.796. The van der Waals surface area contributed by atoms with Gasteiger partial charge in [-0.25, -0.2) is 4.79 Å². The molecule has 0 saturated heterocycles. The maximum atomic E-state index is 10.0. The topological polar surface area (TPSA) is 59.4 Å². The monoisotopic (exact) mass is 203 g/mol. The maximum Gasteiger partial charge on any atom is 0.329 e. The van der Waals surface area contributed by atoms with Gasteiger partial charge in [0.1, 0.15) is 6.61 Å². The van der Waals surface area contributed by atoms with Crippen LogP contribution in [0.25, 0.3) is 0 Å². The van der Waals surface area contributed by atoms with Crippen molar-refractivity contribution >= 4 is 18.4 Å². The summed E-state index contributed by atoms with van der Waals surface area (Å²) in [6.07, 6.45) is 3.29. The summed E-state index contributed by atoms with van der Waals surface area (Å²) in [5, 5.41) is 8.25. The van der Waals surface area contributed by atoms with E-state index in [1.54, 1.807) is 18.5 Å². The third-order valence-corrected chi connectivity index (χ3v) is 1.22. The summed E-state index contributed by atoms with van der Waals surface area (Å²) in [4.78, 5) is 13.9. The zero-order valence-corrected chi connectivity index (χ0v) is 7.66. The second-order valence-corrected chi connectivity index (χ2v) is 2.25. The van der Waals surface area contributed by atoms with Gasteiger partial charge in [0.05, 0.1) is 6.61 Å². The first-order valence-corrected chi connectivity index (χ1v) is 3.47. The molecule has 1 aromatic rings. The highest BCUT2D eigenvalue weighted by Crippen LogP contribution is 1.97. The third-order valence-electron chi connectivity index (χ3n) is 1.22. The van der Waals surface area contributed by atoms with E-state index >= 15 is 0 Å². The van der Waals surface area contributed by atoms with Crippen molar-refractivity contribution in [2.24, 2.45) is 0 Å². The molecule has 0 fully saturated rings. The van der Waals surface area contributed by atoms with Gasteiger partial charge in [0.15, 0.2) is 0 Å². The molecule has 0 radical (unpaired) electrons. The maximum absolute atomic E-state index is 10.0. The number of carboxylic acid groups (broad SMARTS) is 1. The predicted molar refractivity (Wildman–Crippen MR) is 48.8 cm³/mol. The fourth-order valence-electron chi connectivity index (χ4n) is 0.740. The lowest BCUT2D eigenvalue weighted by molar-refractivity contribution is -0.142. The number of aromatic nitrogens is 1. The van der Waals surface area contributed by atoms with E-state index in [1.165, 1.54) is 0 Å². The molecular weight excluding hydrogens is 194 g/mol. The van der Waals surface area contributed by atoms with Gasteiger partial charge in [-0.1, -0.05) is 6.07 Å². The Balaban J connectivity index is 0.00000144. The predicted octanol–water partition coefficient (Wildman–Crippen LogP) is 1.10. The number of carboxylic acids is 1. The minimum absolute atomic E-state index is 0. The molecule has 0 saturated carbocycles. The SMILES string of the molecule is Cl.O=C(O)COCc1cccnc1. The molecule has 13 heavy (non-hydrogen) atoms. The number of ether oxygens (including phenoxy) is 1. The Hall–Kier alpha value is -1.13. The minimum atomic E-state index is -0.959. The van der Waals surface area contributed by atoms with Crippen molar-refractivity contribution < 1.29 is 14.6 Å². The van der Waals surface area contributed by atoms with Gasteiger partial charge < -0.3 is 9.84 Å². The van der Waals surface area contributed by atoms with E-state index in [0.29, 0.717) is 6.61 Å². The summed E-state index contributed by atoms with van der Waals surface area (Å²) in [5.74, 6) is -0.959. The molecule has 0 bridgehead atoms. The Morgan fingerprint density at radius 2 is 2.38 bits per heavy atom. The van der Waals surface area contributed by atoms with Crippen molar-refractivity contribution in [1.82, 2.24) is 4.98 Å². The van der Waals surface area contributed by atoms with Crippen LogP contribution in [-0.2, 0) is 16.1 Å². The van der Waals surface area contributed by atoms with E-state index in [2.05, 4.69) is 4.98 Å². The molecule has 1 aromatic heterocycles. The molecule has 0 aliphatic carbocycles. The Labute approximate surface area is 82.0 Å². The highest BCUT2D eigenvalue weighted by Gasteiger charge is 1.96. The molecule has 0 amide bonds. The van der Waals surface area contributed by atoms with Crippen molar-refractivity contribution in [1.29, 1.82) is 0 Å². The first-order chi connectivity index (χ1) is 5.79. The number of nitrogens with zero attached hydrogens (tertiary/aromatic N) is 1. The minimum Gasteiger partial charge on any atom is -0.480 e. The summed E-state index contributed by atoms with van der Waals surface area (Å²) in [7, 11) is 0. The van der Waals surface area contributed by atoms with E-state index < -0.39 is 5.97 Å². The van der Waals surface area contributed by atoms with Crippen LogP contribution in [0.2, 0.25) is 0 Å². The highest BCUT2D eigenvalue weighted by atomic mass is 35.5. The second kappa shape index (κ2) is 6.39. The number of hydrogen-bond donors (Lipinski definition) is 1. The molecule has 5 heteroatoms. The van der Waals surface area contributed by atoms with Gasteiger partial charge in [-0.15, -0.1) is 12.4 Å². The van der Waals surface area contributed by atoms with E-state index in [-0.39, 0.29) is 19.0 Å². The molecule has 0 aliphatic heterocycles. The van der Waals surface area contributed by atoms with Crippen LogP contribution in [0.4, 0.5) is 0 Å². The van der Waals surface area contributed by atoms with Crippen LogP contribution in [0.1, 0.15) is 5.56 Å². The van der Waals surface area contributed by atoms with Gasteiger partial charge in [-0.2, -0.15) is 0 Å². The summed E-state index contributed by atoms with van der Waals surface area (Å²) in [5.41, 5.74) is 0.874. The van der Waals surface area contributed by atoms with Crippen LogP contribution in [0.3, 0.4) is 0 Å². The molecular formula is C8H10ClNO3. The van der Waals surface area contributed by atoms with Crippen molar-refractivity contribution in [3.63, 3.8) is 0 Å². The average Bonchev–Trinajstić information content (AvgIpc) is 2.05. The molecule has 1 rings (SSSR count). The standard InChI is InChI=1S/C8H9NO3.ClH/c10-8(11)6-12-5-7-2-1-3-9-4-7;/h1-4H,5-6H2,(H,10,11);1H. The lowest BCUT2D eigenvalue weighted by Crippen LogP contribution is -2.06. The fraction of sp³-hybridized carbons (Fsp3) is 0.250. The zero-order chi connectivity index (χ0) is 8.81. The first kappa shape index (κ1) is 11.9. The Morgan fingerprint density at radius 3 is 2.92 bits per heavy atom. The lowest BCUT2D eigenvalue weighted by atomic mass is 10.3. The number of pyridine rings is 1. The van der Waals surface area contributed by atoms with Crippen LogP contribution >= 0.6 is 12.4 Å². The molecule has 72 valence electrons. The molecule has 0 atom stereocenters. The molecule has 0 unspecified atom stereocenters. The van der Waals surface area contributed by atoms with Crippen molar-refractivity contribution in [3.8, 4) is 0 Å². The summed E-state index contributed by atoms with van der Waals surface area (Å²) in [6, 6.07) is 3.61. The molecule has 1 N–H and O–H groups in total. The zero-order valence-electron chi connectivity index (χ0n) is 6.84. The Bertz CT molecular complexity index is 253. The van der Waals surface area contributed by atoms with Crippen molar-refractivity contribution in [2.45, 2.75) is 6.61 Å². The largest absolute Gasteiger partial charge is 0.480 e. The average molecular weight is 204 g/mol. The Kier molecular flexibility index (Phi) is 5.84. The van der Waals surface area contributed by atoms with Crippen LogP contribution in [0.15, 0.2) is 24.5 Å². The van der Waals surface area contributed by atoms with E-state index in [0.717, 1.165) is 5.56 Å². The van der Waals surface area contributed by atoms with Crippen molar-refractivity contribution in [3.05, 3.63) is 30.1 Å². The summed E-state index contributed by atoms with van der Waals surface area (Å²) < 4.78 is 4.84. The molecule has 0 aromatic carbocycles. The molecule has 1 heterocycles. The van der Waals surface area contributed by atoms with Crippen LogP contribution in [0, 0.1) is 0 Å². The molecule has 0 aliphatic rings. The van der Waals surface area contributed by atoms with Gasteiger partial charge in [-0.05, 0) is 11.6 Å². The van der Waals surface area contributed by atoms with Crippen molar-refractivity contribution in [2.75, 3.05) is 6.61 Å². The number of aliphatic carboxylic acids is 1. The second-order valence-electron chi connectivity index (χ2n) is 2.25. The smallest absolute Gasteiger partial charge is 0.329 e. The highest BCUT2D eigenvalue weighted by molar-refractivity contribution is 5.85. The first-order valence-electron chi connectivity index (χ1n) is 3.47. The summed E-state index contributed by atoms with van der Waals surface area (Å²) in [6.45, 7) is 0.0229. The van der Waals surface area contributed by atoms with Crippen LogP contribution in [-0.4, -0.2) is 22.7 Å². The molecule has 4 nitrogen and oxygen atoms in total. The lowest BCUT2D eigenvalue weighted by Gasteiger charge is -1.99. The Morgan fingerprint density at radius 1 is 1.62 bits per heavy atom. The number of rotatable bonds is 4. The van der Waals surface area contributed by atoms with Crippen LogP contribution < -0.4 is 0 Å². The molecule has 0 spiro atoms. The number of hydrogen-bond acceptors (Lipinski definition) is 3. The van der Waals surface area contributed by atoms with E-state index in [4.69, 9.17) is 9.84 Å². The van der Waals surface area contributed by atoms with E-state index in [1.807, 2.05) is 6.07 Å². The van der Waals surface area contributed by atoms with Gasteiger partial charge in [0, 0.05) is 12.4 Å². The van der Waals surface area contributed by atoms with Gasteiger partial charge in [0.25, 0.3) is 0 Å². The van der Waals surface area contributed by atoms with Gasteiger partial charge in [-0.3, -0.25) is 4.98 Å². The number of carbonyl (C=O) groups is 1. The van der Waals surface area contributed by atoms with Gasteiger partial charge >= 0.3 is 5.97 Å². The third kappa shape index (κ3) is 5.16. The van der Waals surface area contributed by atoms with E-state index in [9.17, 15) is 4.79 Å². The normalized spacial score (nSPS) is 8.92. The summed E-state index contributed by atoms with van der Waals surface area (Å²) >= 11 is 0. The van der Waals surface area contributed by atoms with Crippen LogP contribution in [0.5, 0.6) is 0 Å². The fourth-order valence-corrected chi connectivity index (χ4v) is 0.740. The number of halogens is 1.